The summed E-state index contributed by atoms with van der Waals surface area (Å²) in [6.07, 6.45) is -0.0861. The summed E-state index contributed by atoms with van der Waals surface area (Å²) < 4.78 is 36.6. The monoisotopic (exact) mass is 1010 g/mol. The van der Waals surface area contributed by atoms with E-state index < -0.39 is 47.1 Å². The van der Waals surface area contributed by atoms with E-state index in [1.165, 1.54) is 15.7 Å². The molecule has 0 spiro atoms. The second-order valence-electron chi connectivity index (χ2n) is 18.8. The summed E-state index contributed by atoms with van der Waals surface area (Å²) in [6.45, 7) is 8.40. The van der Waals surface area contributed by atoms with Gasteiger partial charge in [0.2, 0.25) is 0 Å². The normalized spacial score (nSPS) is 16.5. The molecule has 8 rings (SSSR count). The first-order valence-corrected chi connectivity index (χ1v) is 28.6. The molecule has 14 heteroatoms. The quantitative estimate of drug-likeness (QED) is 0.0384. The fraction of sp³-hybridized carbons (Fsp3) is 0.293. The molecule has 0 unspecified atom stereocenters. The molecule has 6 aromatic carbocycles. The van der Waals surface area contributed by atoms with Crippen molar-refractivity contribution in [3.63, 3.8) is 0 Å². The third-order valence-corrected chi connectivity index (χ3v) is 20.0. The van der Waals surface area contributed by atoms with Gasteiger partial charge in [-0.25, -0.2) is 0 Å². The number of nitrogens with zero attached hydrogens (tertiary/aromatic N) is 3. The maximum atomic E-state index is 14.0. The summed E-state index contributed by atoms with van der Waals surface area (Å²) >= 11 is 0. The number of ether oxygens (including phenoxy) is 4. The Morgan fingerprint density at radius 2 is 1.25 bits per heavy atom. The van der Waals surface area contributed by atoms with Gasteiger partial charge in [-0.05, 0) is 0 Å². The van der Waals surface area contributed by atoms with Crippen molar-refractivity contribution in [2.24, 2.45) is 0 Å². The van der Waals surface area contributed by atoms with Gasteiger partial charge in [-0.15, -0.1) is 0 Å². The summed E-state index contributed by atoms with van der Waals surface area (Å²) in [4.78, 5) is 44.8. The van der Waals surface area contributed by atoms with E-state index in [4.69, 9.17) is 23.5 Å². The second kappa shape index (κ2) is 24.0. The molecule has 0 aliphatic carbocycles. The van der Waals surface area contributed by atoms with Crippen LogP contribution in [0.1, 0.15) is 84.1 Å². The van der Waals surface area contributed by atoms with Gasteiger partial charge in [0, 0.05) is 0 Å². The molecule has 1 aliphatic rings. The Hall–Kier alpha value is -6.28. The molecule has 2 heterocycles. The van der Waals surface area contributed by atoms with Crippen LogP contribution >= 0.6 is 7.87 Å². The van der Waals surface area contributed by atoms with Gasteiger partial charge in [0.1, 0.15) is 0 Å². The molecule has 1 amide bonds. The molecule has 376 valence electrons. The second-order valence-corrected chi connectivity index (χ2v) is 23.6. The average Bonchev–Trinajstić information content (AvgIpc) is 3.80. The molecular formula is C58H67N4O8PSi. The number of carbonyl (C=O) groups is 1. The van der Waals surface area contributed by atoms with Gasteiger partial charge in [0.25, 0.3) is 0 Å². The van der Waals surface area contributed by atoms with Gasteiger partial charge in [-0.1, -0.05) is 18.2 Å². The van der Waals surface area contributed by atoms with Crippen molar-refractivity contribution in [1.29, 1.82) is 0 Å². The number of anilines is 1. The summed E-state index contributed by atoms with van der Waals surface area (Å²) in [5.74, 6) is 1.12. The molecule has 1 aliphatic heterocycles. The summed E-state index contributed by atoms with van der Waals surface area (Å²) in [5, 5.41) is 2.75. The van der Waals surface area contributed by atoms with Crippen molar-refractivity contribution in [2.45, 2.75) is 81.8 Å². The summed E-state index contributed by atoms with van der Waals surface area (Å²) in [7, 11) is -1.42. The van der Waals surface area contributed by atoms with Crippen LogP contribution in [0.2, 0.25) is 6.04 Å². The zero-order chi connectivity index (χ0) is 50.7. The van der Waals surface area contributed by atoms with Crippen LogP contribution in [0.4, 0.5) is 5.82 Å². The van der Waals surface area contributed by atoms with Crippen LogP contribution in [0.25, 0.3) is 0 Å². The average molecular weight is 1010 g/mol. The molecule has 1 fully saturated rings. The SMILES string of the molecule is COc1ccc(C(OC[C@H]2O[C@@H](n3ccc(NC(=O)c4ccccc4)nc3=O)C[C@@H]2O[PH](O)(CC[SiH2]C(c2ccccc2)c2ccccc2)N(C(C)C)C(C)C)(c2ccccc2)c2ccc(OC)cc2)cc1. The molecule has 1 aromatic heterocycles. The van der Waals surface area contributed by atoms with Crippen molar-refractivity contribution in [3.05, 3.63) is 226 Å². The van der Waals surface area contributed by atoms with E-state index >= 15 is 0 Å². The summed E-state index contributed by atoms with van der Waals surface area (Å²) in [5.41, 5.74) is 3.99. The molecular weight excluding hydrogens is 940 g/mol. The first-order valence-electron chi connectivity index (χ1n) is 24.8. The molecule has 72 heavy (non-hydrogen) atoms. The summed E-state index contributed by atoms with van der Waals surface area (Å²) in [6, 6.07) is 58.1. The predicted molar refractivity (Wildman–Crippen MR) is 290 cm³/mol. The van der Waals surface area contributed by atoms with Crippen LogP contribution in [-0.4, -0.2) is 85.8 Å². The minimum atomic E-state index is -3.82. The molecule has 12 nitrogen and oxygen atoms in total. The van der Waals surface area contributed by atoms with Crippen molar-refractivity contribution in [2.75, 3.05) is 32.3 Å². The van der Waals surface area contributed by atoms with E-state index in [-0.39, 0.29) is 42.4 Å². The maximum absolute atomic E-state index is 14.0. The Kier molecular flexibility index (Phi) is 17.3. The number of rotatable bonds is 22. The Labute approximate surface area is 426 Å². The van der Waals surface area contributed by atoms with E-state index in [2.05, 4.69) is 91.2 Å². The zero-order valence-electron chi connectivity index (χ0n) is 42.0. The fourth-order valence-electron chi connectivity index (χ4n) is 10.2. The van der Waals surface area contributed by atoms with Crippen LogP contribution < -0.4 is 20.5 Å². The van der Waals surface area contributed by atoms with Crippen LogP contribution in [0.3, 0.4) is 0 Å². The van der Waals surface area contributed by atoms with Gasteiger partial charge in [-0.3, -0.25) is 0 Å². The van der Waals surface area contributed by atoms with Crippen LogP contribution in [0.5, 0.6) is 11.5 Å². The molecule has 2 N–H and O–H groups in total. The van der Waals surface area contributed by atoms with Gasteiger partial charge in [0.15, 0.2) is 0 Å². The first-order chi connectivity index (χ1) is 34.9. The number of amides is 1. The van der Waals surface area contributed by atoms with E-state index in [0.29, 0.717) is 23.2 Å². The third-order valence-electron chi connectivity index (χ3n) is 13.5. The van der Waals surface area contributed by atoms with Crippen LogP contribution in [0.15, 0.2) is 187 Å². The zero-order valence-corrected chi connectivity index (χ0v) is 44.4. The number of benzene rings is 6. The molecule has 1 saturated heterocycles. The van der Waals surface area contributed by atoms with Gasteiger partial charge < -0.3 is 0 Å². The number of methoxy groups -OCH3 is 2. The number of hydrogen-bond donors (Lipinski definition) is 2. The molecule has 0 bridgehead atoms. The number of aromatic nitrogens is 2. The van der Waals surface area contributed by atoms with Gasteiger partial charge >= 0.3 is 410 Å². The van der Waals surface area contributed by atoms with Crippen LogP contribution in [0, 0.1) is 0 Å². The van der Waals surface area contributed by atoms with E-state index in [1.54, 1.807) is 50.7 Å². The fourth-order valence-corrected chi connectivity index (χ4v) is 17.4. The molecule has 3 atom stereocenters. The standard InChI is InChI=1S/C58H67N4O8PSi/c1-41(2)62(42(3)4)71(65,37-38-72-55(43-19-11-7-12-20-43)44-21-13-8-14-22-44)70-51-39-54(61-36-35-53(60-57(61)64)59-56(63)45-23-15-9-16-24-45)69-52(51)40-68-58(46-25-17-10-18-26-46,47-27-31-49(66-5)32-28-47)48-29-33-50(67-6)34-30-48/h7-36,41-42,51-52,54-55,65,71H,37-40,72H2,1-6H3,(H,59,60,63,64)/t51-,52+,54+/m0/s1. The van der Waals surface area contributed by atoms with Crippen molar-refractivity contribution in [3.8, 4) is 11.5 Å². The predicted octanol–water partition coefficient (Wildman–Crippen LogP) is 10.2. The first kappa shape index (κ1) is 52.1. The molecule has 0 saturated carbocycles. The Balaban J connectivity index is 1.17. The van der Waals surface area contributed by atoms with Crippen molar-refractivity contribution in [1.82, 2.24) is 14.2 Å². The molecule has 0 radical (unpaired) electrons. The Morgan fingerprint density at radius 1 is 0.750 bits per heavy atom. The van der Waals surface area contributed by atoms with Gasteiger partial charge in [0.05, 0.1) is 0 Å². The Bertz CT molecular complexity index is 2770. The number of hydrogen-bond acceptors (Lipinski definition) is 10. The minimum absolute atomic E-state index is 0.00576. The third kappa shape index (κ3) is 12.0. The Morgan fingerprint density at radius 3 is 1.75 bits per heavy atom. The van der Waals surface area contributed by atoms with E-state index in [9.17, 15) is 14.5 Å². The van der Waals surface area contributed by atoms with Crippen molar-refractivity contribution >= 4 is 29.1 Å². The van der Waals surface area contributed by atoms with Gasteiger partial charge in [-0.2, -0.15) is 0 Å². The topological polar surface area (TPSA) is 134 Å². The number of nitrogens with one attached hydrogen (secondary N) is 1. The van der Waals surface area contributed by atoms with Crippen molar-refractivity contribution < 1.29 is 33.2 Å². The van der Waals surface area contributed by atoms with Crippen LogP contribution in [-0.2, 0) is 19.6 Å². The number of carbonyl (C=O) groups excluding carboxylic acids is 1. The van der Waals surface area contributed by atoms with E-state index in [1.807, 2.05) is 97.1 Å². The molecule has 7 aromatic rings. The van der Waals surface area contributed by atoms with E-state index in [0.717, 1.165) is 22.7 Å².